The van der Waals surface area contributed by atoms with Crippen molar-refractivity contribution in [3.63, 3.8) is 0 Å². The highest BCUT2D eigenvalue weighted by molar-refractivity contribution is 7.09. The molecule has 2 heterocycles. The molecular weight excluding hydrogens is 262 g/mol. The van der Waals surface area contributed by atoms with Crippen LogP contribution >= 0.6 is 11.3 Å². The highest BCUT2D eigenvalue weighted by Gasteiger charge is 2.08. The van der Waals surface area contributed by atoms with Crippen molar-refractivity contribution in [1.29, 1.82) is 0 Å². The van der Waals surface area contributed by atoms with Crippen LogP contribution in [0.3, 0.4) is 0 Å². The largest absolute Gasteiger partial charge is 0.340 e. The summed E-state index contributed by atoms with van der Waals surface area (Å²) in [6.07, 6.45) is 2.81. The number of carbonyl (C=O) groups excluding carboxylic acids is 1. The molecule has 0 radical (unpaired) electrons. The first-order valence-electron chi connectivity index (χ1n) is 6.12. The molecule has 0 saturated carbocycles. The maximum atomic E-state index is 11.1. The average molecular weight is 279 g/mol. The van der Waals surface area contributed by atoms with Gasteiger partial charge >= 0.3 is 0 Å². The van der Waals surface area contributed by atoms with Crippen LogP contribution in [0.25, 0.3) is 0 Å². The van der Waals surface area contributed by atoms with Gasteiger partial charge in [-0.15, -0.1) is 16.4 Å². The van der Waals surface area contributed by atoms with E-state index in [0.29, 0.717) is 13.1 Å². The average Bonchev–Trinajstić information content (AvgIpc) is 2.99. The maximum absolute atomic E-state index is 11.1. The Morgan fingerprint density at radius 1 is 1.47 bits per heavy atom. The number of nitrogens with zero attached hydrogens (tertiary/aromatic N) is 5. The molecule has 6 nitrogen and oxygen atoms in total. The van der Waals surface area contributed by atoms with Crippen LogP contribution in [0, 0.1) is 0 Å². The molecule has 2 rings (SSSR count). The lowest BCUT2D eigenvalue weighted by Crippen LogP contribution is -2.23. The summed E-state index contributed by atoms with van der Waals surface area (Å²) >= 11 is 1.66. The lowest BCUT2D eigenvalue weighted by Gasteiger charge is -2.11. The molecule has 0 aliphatic carbocycles. The van der Waals surface area contributed by atoms with Crippen LogP contribution in [-0.4, -0.2) is 37.8 Å². The molecule has 0 fully saturated rings. The number of aryl methyl sites for hydroxylation is 1. The minimum atomic E-state index is 0.0154. The topological polar surface area (TPSA) is 63.9 Å². The molecule has 2 aromatic heterocycles. The van der Waals surface area contributed by atoms with Crippen molar-refractivity contribution in [3.8, 4) is 0 Å². The van der Waals surface area contributed by atoms with Crippen LogP contribution in [0.5, 0.6) is 0 Å². The molecule has 0 atom stereocenters. The summed E-state index contributed by atoms with van der Waals surface area (Å²) in [4.78, 5) is 17.2. The van der Waals surface area contributed by atoms with Gasteiger partial charge in [0.15, 0.2) is 0 Å². The van der Waals surface area contributed by atoms with Crippen molar-refractivity contribution in [2.24, 2.45) is 0 Å². The quantitative estimate of drug-likeness (QED) is 0.828. The van der Waals surface area contributed by atoms with Crippen molar-refractivity contribution in [2.75, 3.05) is 7.05 Å². The van der Waals surface area contributed by atoms with Crippen LogP contribution in [0.4, 0.5) is 0 Å². The smallest absolute Gasteiger partial charge is 0.219 e. The Morgan fingerprint density at radius 2 is 2.26 bits per heavy atom. The number of carbonyl (C=O) groups is 1. The van der Waals surface area contributed by atoms with Gasteiger partial charge in [0.1, 0.15) is 5.69 Å². The molecule has 1 amide bonds. The third-order valence-corrected chi connectivity index (χ3v) is 3.79. The van der Waals surface area contributed by atoms with Crippen LogP contribution in [0.15, 0.2) is 11.6 Å². The Bertz CT molecular complexity index is 562. The van der Waals surface area contributed by atoms with Gasteiger partial charge in [0.05, 0.1) is 30.0 Å². The number of aromatic nitrogens is 4. The van der Waals surface area contributed by atoms with Gasteiger partial charge in [0.2, 0.25) is 5.91 Å². The predicted octanol–water partition coefficient (Wildman–Crippen LogP) is 1.32. The minimum absolute atomic E-state index is 0.0154. The fourth-order valence-electron chi connectivity index (χ4n) is 1.59. The number of amides is 1. The summed E-state index contributed by atoms with van der Waals surface area (Å²) in [6.45, 7) is 4.72. The molecule has 0 N–H and O–H groups in total. The predicted molar refractivity (Wildman–Crippen MR) is 72.8 cm³/mol. The first-order chi connectivity index (χ1) is 9.08. The van der Waals surface area contributed by atoms with Gasteiger partial charge in [0.25, 0.3) is 0 Å². The van der Waals surface area contributed by atoms with Gasteiger partial charge in [-0.05, 0) is 6.42 Å². The zero-order valence-corrected chi connectivity index (χ0v) is 12.1. The Morgan fingerprint density at radius 3 is 2.89 bits per heavy atom. The van der Waals surface area contributed by atoms with Gasteiger partial charge in [-0.3, -0.25) is 4.79 Å². The van der Waals surface area contributed by atoms with Gasteiger partial charge < -0.3 is 4.90 Å². The molecular formula is C12H17N5OS. The number of hydrogen-bond donors (Lipinski definition) is 0. The molecule has 0 aliphatic heterocycles. The summed E-state index contributed by atoms with van der Waals surface area (Å²) in [6, 6.07) is 0. The van der Waals surface area contributed by atoms with Crippen LogP contribution < -0.4 is 0 Å². The fourth-order valence-corrected chi connectivity index (χ4v) is 2.33. The molecule has 0 aromatic carbocycles. The van der Waals surface area contributed by atoms with E-state index in [0.717, 1.165) is 22.8 Å². The molecule has 0 bridgehead atoms. The second-order valence-electron chi connectivity index (χ2n) is 4.37. The lowest BCUT2D eigenvalue weighted by molar-refractivity contribution is -0.128. The molecule has 2 aromatic rings. The Kier molecular flexibility index (Phi) is 4.26. The molecule has 19 heavy (non-hydrogen) atoms. The molecule has 102 valence electrons. The van der Waals surface area contributed by atoms with Gasteiger partial charge in [-0.1, -0.05) is 12.1 Å². The first-order valence-corrected chi connectivity index (χ1v) is 7.00. The zero-order valence-electron chi connectivity index (χ0n) is 11.3. The third kappa shape index (κ3) is 3.60. The van der Waals surface area contributed by atoms with E-state index in [2.05, 4.69) is 22.2 Å². The van der Waals surface area contributed by atoms with Crippen LogP contribution in [-0.2, 0) is 24.3 Å². The summed E-state index contributed by atoms with van der Waals surface area (Å²) in [5.41, 5.74) is 1.78. The van der Waals surface area contributed by atoms with Crippen LogP contribution in [0.2, 0.25) is 0 Å². The fraction of sp³-hybridized carbons (Fsp3) is 0.500. The van der Waals surface area contributed by atoms with E-state index in [4.69, 9.17) is 0 Å². The molecule has 0 aliphatic rings. The van der Waals surface area contributed by atoms with Crippen molar-refractivity contribution < 1.29 is 4.79 Å². The van der Waals surface area contributed by atoms with E-state index < -0.39 is 0 Å². The third-order valence-electron chi connectivity index (χ3n) is 2.75. The number of thiazole rings is 1. The van der Waals surface area contributed by atoms with Crippen molar-refractivity contribution in [1.82, 2.24) is 24.9 Å². The second-order valence-corrected chi connectivity index (χ2v) is 5.31. The van der Waals surface area contributed by atoms with E-state index in [1.807, 2.05) is 11.6 Å². The van der Waals surface area contributed by atoms with Crippen molar-refractivity contribution in [3.05, 3.63) is 28.0 Å². The summed E-state index contributed by atoms with van der Waals surface area (Å²) in [5.74, 6) is 0.0154. The monoisotopic (exact) mass is 279 g/mol. The van der Waals surface area contributed by atoms with E-state index in [-0.39, 0.29) is 5.91 Å². The normalized spacial score (nSPS) is 10.7. The van der Waals surface area contributed by atoms with Gasteiger partial charge in [-0.25, -0.2) is 9.67 Å². The van der Waals surface area contributed by atoms with E-state index in [1.54, 1.807) is 28.0 Å². The standard InChI is InChI=1S/C12H17N5OS/c1-4-12-13-11(8-19-12)7-17-6-10(14-15-17)5-16(3)9(2)18/h6,8H,4-5,7H2,1-3H3. The Labute approximate surface area is 116 Å². The Hall–Kier alpha value is -1.76. The first kappa shape index (κ1) is 13.7. The minimum Gasteiger partial charge on any atom is -0.340 e. The van der Waals surface area contributed by atoms with E-state index in [1.165, 1.54) is 6.92 Å². The van der Waals surface area contributed by atoms with Crippen LogP contribution in [0.1, 0.15) is 30.2 Å². The maximum Gasteiger partial charge on any atom is 0.219 e. The van der Waals surface area contributed by atoms with Crippen molar-refractivity contribution >= 4 is 17.2 Å². The molecule has 0 spiro atoms. The highest BCUT2D eigenvalue weighted by atomic mass is 32.1. The SMILES string of the molecule is CCc1nc(Cn2cc(CN(C)C(C)=O)nn2)cs1. The van der Waals surface area contributed by atoms with Crippen molar-refractivity contribution in [2.45, 2.75) is 33.4 Å². The number of hydrogen-bond acceptors (Lipinski definition) is 5. The zero-order chi connectivity index (χ0) is 13.8. The van der Waals surface area contributed by atoms with Gasteiger partial charge in [-0.2, -0.15) is 0 Å². The highest BCUT2D eigenvalue weighted by Crippen LogP contribution is 2.11. The second kappa shape index (κ2) is 5.92. The summed E-state index contributed by atoms with van der Waals surface area (Å²) < 4.78 is 1.75. The molecule has 0 saturated heterocycles. The summed E-state index contributed by atoms with van der Waals surface area (Å²) in [5, 5.41) is 11.3. The Balaban J connectivity index is 1.99. The van der Waals surface area contributed by atoms with Gasteiger partial charge in [0, 0.05) is 19.4 Å². The molecule has 7 heteroatoms. The van der Waals surface area contributed by atoms with E-state index in [9.17, 15) is 4.79 Å². The lowest BCUT2D eigenvalue weighted by atomic mass is 10.4. The molecule has 0 unspecified atom stereocenters. The number of rotatable bonds is 5. The summed E-state index contributed by atoms with van der Waals surface area (Å²) in [7, 11) is 1.75. The van der Waals surface area contributed by atoms with E-state index >= 15 is 0 Å².